The summed E-state index contributed by atoms with van der Waals surface area (Å²) >= 11 is 9.19. The van der Waals surface area contributed by atoms with Crippen LogP contribution in [0.1, 0.15) is 13.0 Å². The third-order valence-corrected chi connectivity index (χ3v) is 3.38. The molecule has 2 rings (SSSR count). The first kappa shape index (κ1) is 13.1. The summed E-state index contributed by atoms with van der Waals surface area (Å²) in [6.07, 6.45) is 3.39. The number of anilines is 1. The molecule has 1 atom stereocenters. The number of amides is 1. The predicted molar refractivity (Wildman–Crippen MR) is 74.7 cm³/mol. The van der Waals surface area contributed by atoms with Gasteiger partial charge in [-0.1, -0.05) is 11.6 Å². The molecule has 1 unspecified atom stereocenters. The topological polar surface area (TPSA) is 46.9 Å². The number of carbonyl (C=O) groups is 1. The van der Waals surface area contributed by atoms with Crippen LogP contribution >= 0.6 is 27.5 Å². The zero-order valence-corrected chi connectivity index (χ0v) is 11.9. The maximum Gasteiger partial charge on any atom is 0.248 e. The zero-order valence-electron chi connectivity index (χ0n) is 9.60. The van der Waals surface area contributed by atoms with Crippen LogP contribution in [0, 0.1) is 0 Å². The summed E-state index contributed by atoms with van der Waals surface area (Å²) in [6.45, 7) is 1.78. The smallest absolute Gasteiger partial charge is 0.248 e. The molecule has 1 aromatic carbocycles. The molecule has 0 aliphatic heterocycles. The van der Waals surface area contributed by atoms with Crippen LogP contribution in [0.15, 0.2) is 41.1 Å². The van der Waals surface area contributed by atoms with E-state index in [1.165, 1.54) is 0 Å². The number of aromatic nitrogens is 2. The fraction of sp³-hybridized carbons (Fsp3) is 0.167. The molecule has 0 saturated heterocycles. The molecule has 0 radical (unpaired) electrons. The molecule has 18 heavy (non-hydrogen) atoms. The van der Waals surface area contributed by atoms with Crippen LogP contribution in [0.3, 0.4) is 0 Å². The van der Waals surface area contributed by atoms with Crippen LogP contribution in [-0.2, 0) is 4.79 Å². The van der Waals surface area contributed by atoms with E-state index in [0.717, 1.165) is 4.47 Å². The Hall–Kier alpha value is -1.33. The van der Waals surface area contributed by atoms with Crippen LogP contribution < -0.4 is 5.32 Å². The van der Waals surface area contributed by atoms with Gasteiger partial charge in [-0.2, -0.15) is 5.10 Å². The van der Waals surface area contributed by atoms with E-state index in [-0.39, 0.29) is 11.9 Å². The van der Waals surface area contributed by atoms with E-state index in [1.54, 1.807) is 48.3 Å². The number of nitrogens with one attached hydrogen (secondary N) is 1. The largest absolute Gasteiger partial charge is 0.323 e. The van der Waals surface area contributed by atoms with Crippen molar-refractivity contribution in [2.75, 3.05) is 5.32 Å². The second-order valence-electron chi connectivity index (χ2n) is 3.78. The molecule has 1 N–H and O–H groups in total. The first-order valence-corrected chi connectivity index (χ1v) is 6.50. The third-order valence-electron chi connectivity index (χ3n) is 2.49. The second-order valence-corrected chi connectivity index (χ2v) is 5.07. The van der Waals surface area contributed by atoms with Gasteiger partial charge in [0.05, 0.1) is 5.69 Å². The number of hydrogen-bond donors (Lipinski definition) is 1. The van der Waals surface area contributed by atoms with Gasteiger partial charge in [0.2, 0.25) is 5.91 Å². The lowest BCUT2D eigenvalue weighted by atomic mass is 10.2. The van der Waals surface area contributed by atoms with Crippen LogP contribution in [0.5, 0.6) is 0 Å². The highest BCUT2D eigenvalue weighted by molar-refractivity contribution is 9.10. The van der Waals surface area contributed by atoms with Gasteiger partial charge >= 0.3 is 0 Å². The van der Waals surface area contributed by atoms with Gasteiger partial charge < -0.3 is 5.32 Å². The Bertz CT molecular complexity index is 556. The highest BCUT2D eigenvalue weighted by Crippen LogP contribution is 2.26. The first-order valence-electron chi connectivity index (χ1n) is 5.33. The van der Waals surface area contributed by atoms with Gasteiger partial charge in [-0.15, -0.1) is 0 Å². The maximum atomic E-state index is 12.0. The van der Waals surface area contributed by atoms with Gasteiger partial charge in [0.15, 0.2) is 0 Å². The summed E-state index contributed by atoms with van der Waals surface area (Å²) in [5.41, 5.74) is 0.684. The van der Waals surface area contributed by atoms with Crippen molar-refractivity contribution >= 4 is 39.1 Å². The highest BCUT2D eigenvalue weighted by Gasteiger charge is 2.15. The molecule has 1 aromatic heterocycles. The molecule has 0 bridgehead atoms. The van der Waals surface area contributed by atoms with Crippen molar-refractivity contribution in [2.45, 2.75) is 13.0 Å². The van der Waals surface area contributed by atoms with E-state index < -0.39 is 0 Å². The molecule has 0 aliphatic rings. The van der Waals surface area contributed by atoms with Crippen LogP contribution in [0.25, 0.3) is 0 Å². The van der Waals surface area contributed by atoms with Gasteiger partial charge in [0.25, 0.3) is 0 Å². The summed E-state index contributed by atoms with van der Waals surface area (Å²) in [6, 6.07) is 6.61. The average molecular weight is 329 g/mol. The number of rotatable bonds is 3. The van der Waals surface area contributed by atoms with Gasteiger partial charge in [-0.25, -0.2) is 0 Å². The van der Waals surface area contributed by atoms with Crippen LogP contribution in [0.4, 0.5) is 5.69 Å². The van der Waals surface area contributed by atoms with E-state index in [2.05, 4.69) is 26.3 Å². The van der Waals surface area contributed by atoms with Crippen molar-refractivity contribution in [3.63, 3.8) is 0 Å². The van der Waals surface area contributed by atoms with Crippen molar-refractivity contribution in [2.24, 2.45) is 0 Å². The minimum atomic E-state index is -0.373. The molecule has 0 saturated carbocycles. The number of nitrogens with zero attached hydrogens (tertiary/aromatic N) is 2. The van der Waals surface area contributed by atoms with E-state index in [1.807, 2.05) is 0 Å². The molecule has 1 amide bonds. The van der Waals surface area contributed by atoms with Gasteiger partial charge in [0, 0.05) is 21.9 Å². The summed E-state index contributed by atoms with van der Waals surface area (Å²) in [5.74, 6) is -0.137. The molecule has 0 spiro atoms. The van der Waals surface area contributed by atoms with Crippen molar-refractivity contribution in [3.05, 3.63) is 46.2 Å². The Morgan fingerprint density at radius 1 is 1.56 bits per heavy atom. The SMILES string of the molecule is CC(C(=O)Nc1ccc(Cl)cc1Br)n1cccn1. The minimum absolute atomic E-state index is 0.137. The lowest BCUT2D eigenvalue weighted by molar-refractivity contribution is -0.119. The quantitative estimate of drug-likeness (QED) is 0.937. The Kier molecular flexibility index (Phi) is 4.04. The van der Waals surface area contributed by atoms with Gasteiger partial charge in [-0.3, -0.25) is 9.48 Å². The molecule has 0 aliphatic carbocycles. The molecule has 94 valence electrons. The lowest BCUT2D eigenvalue weighted by Gasteiger charge is -2.13. The normalized spacial score (nSPS) is 12.2. The molecule has 0 fully saturated rings. The molecule has 4 nitrogen and oxygen atoms in total. The van der Waals surface area contributed by atoms with E-state index in [9.17, 15) is 4.79 Å². The Labute approximate surface area is 118 Å². The molecule has 6 heteroatoms. The predicted octanol–water partition coefficient (Wildman–Crippen LogP) is 3.50. The highest BCUT2D eigenvalue weighted by atomic mass is 79.9. The Morgan fingerprint density at radius 3 is 2.94 bits per heavy atom. The summed E-state index contributed by atoms with van der Waals surface area (Å²) in [4.78, 5) is 12.0. The van der Waals surface area contributed by atoms with Crippen molar-refractivity contribution < 1.29 is 4.79 Å². The van der Waals surface area contributed by atoms with Gasteiger partial charge in [0.1, 0.15) is 6.04 Å². The number of carbonyl (C=O) groups excluding carboxylic acids is 1. The van der Waals surface area contributed by atoms with Crippen LogP contribution in [-0.4, -0.2) is 15.7 Å². The van der Waals surface area contributed by atoms with Crippen molar-refractivity contribution in [3.8, 4) is 0 Å². The number of benzene rings is 1. The van der Waals surface area contributed by atoms with E-state index >= 15 is 0 Å². The Balaban J connectivity index is 2.12. The van der Waals surface area contributed by atoms with Crippen molar-refractivity contribution in [1.29, 1.82) is 0 Å². The standard InChI is InChI=1S/C12H11BrClN3O/c1-8(17-6-2-5-15-17)12(18)16-11-4-3-9(14)7-10(11)13/h2-8H,1H3,(H,16,18). The fourth-order valence-electron chi connectivity index (χ4n) is 1.46. The molecule has 2 aromatic rings. The number of hydrogen-bond acceptors (Lipinski definition) is 2. The zero-order chi connectivity index (χ0) is 13.1. The molecular weight excluding hydrogens is 318 g/mol. The molecular formula is C12H11BrClN3O. The second kappa shape index (κ2) is 5.54. The minimum Gasteiger partial charge on any atom is -0.323 e. The fourth-order valence-corrected chi connectivity index (χ4v) is 2.24. The molecule has 1 heterocycles. The van der Waals surface area contributed by atoms with Gasteiger partial charge in [-0.05, 0) is 47.1 Å². The first-order chi connectivity index (χ1) is 8.58. The van der Waals surface area contributed by atoms with E-state index in [0.29, 0.717) is 10.7 Å². The summed E-state index contributed by atoms with van der Waals surface area (Å²) in [7, 11) is 0. The summed E-state index contributed by atoms with van der Waals surface area (Å²) in [5, 5.41) is 7.47. The summed E-state index contributed by atoms with van der Waals surface area (Å²) < 4.78 is 2.34. The van der Waals surface area contributed by atoms with Crippen molar-refractivity contribution in [1.82, 2.24) is 9.78 Å². The number of halogens is 2. The lowest BCUT2D eigenvalue weighted by Crippen LogP contribution is -2.24. The average Bonchev–Trinajstić information content (AvgIpc) is 2.85. The van der Waals surface area contributed by atoms with Crippen LogP contribution in [0.2, 0.25) is 5.02 Å². The monoisotopic (exact) mass is 327 g/mol. The maximum absolute atomic E-state index is 12.0. The Morgan fingerprint density at radius 2 is 2.33 bits per heavy atom. The van der Waals surface area contributed by atoms with E-state index in [4.69, 9.17) is 11.6 Å². The third kappa shape index (κ3) is 2.91.